The second kappa shape index (κ2) is 8.14. The van der Waals surface area contributed by atoms with Gasteiger partial charge in [-0.1, -0.05) is 18.2 Å². The standard InChI is InChI=1S/C19H18FNO3S2/c1-11(22)16-18(23)17-14(4-3-5-15(17)24-2)21-19(16)25-10-12-6-8-13(26-20)9-7-12/h4,6-9,21H,3,5,10H2,1-2H3. The molecule has 26 heavy (non-hydrogen) atoms. The largest absolute Gasteiger partial charge is 0.500 e. The van der Waals surface area contributed by atoms with Gasteiger partial charge in [0, 0.05) is 22.4 Å². The van der Waals surface area contributed by atoms with Crippen molar-refractivity contribution in [2.75, 3.05) is 7.11 Å². The normalized spacial score (nSPS) is 13.1. The average Bonchev–Trinajstić information content (AvgIpc) is 2.65. The first-order valence-electron chi connectivity index (χ1n) is 8.10. The minimum absolute atomic E-state index is 0.162. The number of benzene rings is 1. The molecule has 0 saturated heterocycles. The summed E-state index contributed by atoms with van der Waals surface area (Å²) in [5.74, 6) is 0.899. The minimum atomic E-state index is -0.286. The van der Waals surface area contributed by atoms with E-state index in [1.807, 2.05) is 18.2 Å². The third-order valence-corrected chi connectivity index (χ3v) is 5.71. The molecule has 4 nitrogen and oxygen atoms in total. The van der Waals surface area contributed by atoms with Crippen LogP contribution in [0.25, 0.3) is 11.8 Å². The molecule has 1 aromatic carbocycles. The van der Waals surface area contributed by atoms with Crippen LogP contribution in [0.4, 0.5) is 3.89 Å². The average molecular weight is 391 g/mol. The van der Waals surface area contributed by atoms with Gasteiger partial charge in [0.05, 0.1) is 35.1 Å². The number of methoxy groups -OCH3 is 1. The highest BCUT2D eigenvalue weighted by molar-refractivity contribution is 7.98. The van der Waals surface area contributed by atoms with Crippen molar-refractivity contribution in [3.63, 3.8) is 0 Å². The molecule has 1 aromatic heterocycles. The van der Waals surface area contributed by atoms with E-state index < -0.39 is 0 Å². The van der Waals surface area contributed by atoms with Gasteiger partial charge in [-0.15, -0.1) is 11.8 Å². The number of ketones is 1. The molecular formula is C19H18FNO3S2. The zero-order chi connectivity index (χ0) is 18.7. The van der Waals surface area contributed by atoms with Crippen molar-refractivity contribution in [2.24, 2.45) is 0 Å². The fourth-order valence-electron chi connectivity index (χ4n) is 2.93. The highest BCUT2D eigenvalue weighted by Gasteiger charge is 2.18. The number of fused-ring (bicyclic) bond motifs is 1. The molecule has 0 spiro atoms. The van der Waals surface area contributed by atoms with Crippen LogP contribution >= 0.6 is 23.9 Å². The van der Waals surface area contributed by atoms with Crippen LogP contribution in [0.1, 0.15) is 35.7 Å². The van der Waals surface area contributed by atoms with E-state index >= 15 is 0 Å². The SMILES string of the molecule is COC1=c2c([nH]c(SCc3ccc(SF)cc3)c(C(C)=O)c2=O)=CCC1. The Labute approximate surface area is 158 Å². The molecule has 2 aromatic rings. The molecule has 1 heterocycles. The van der Waals surface area contributed by atoms with Gasteiger partial charge in [0.15, 0.2) is 5.78 Å². The molecule has 0 radical (unpaired) electrons. The van der Waals surface area contributed by atoms with E-state index in [4.69, 9.17) is 4.74 Å². The molecule has 0 saturated carbocycles. The van der Waals surface area contributed by atoms with E-state index in [1.54, 1.807) is 19.2 Å². The Bertz CT molecular complexity index is 1010. The Kier molecular flexibility index (Phi) is 5.88. The molecule has 136 valence electrons. The molecule has 0 atom stereocenters. The summed E-state index contributed by atoms with van der Waals surface area (Å²) in [7, 11) is 1.54. The summed E-state index contributed by atoms with van der Waals surface area (Å²) in [5, 5.41) is 1.71. The van der Waals surface area contributed by atoms with Crippen LogP contribution in [0.2, 0.25) is 0 Å². The topological polar surface area (TPSA) is 59.2 Å². The van der Waals surface area contributed by atoms with Crippen LogP contribution in [-0.4, -0.2) is 17.9 Å². The zero-order valence-electron chi connectivity index (χ0n) is 14.4. The highest BCUT2D eigenvalue weighted by atomic mass is 32.2. The van der Waals surface area contributed by atoms with Gasteiger partial charge in [-0.05, 0) is 31.0 Å². The summed E-state index contributed by atoms with van der Waals surface area (Å²) in [6.45, 7) is 1.40. The number of carbonyl (C=O) groups excluding carboxylic acids is 1. The van der Waals surface area contributed by atoms with Gasteiger partial charge in [-0.2, -0.15) is 3.89 Å². The van der Waals surface area contributed by atoms with E-state index in [0.717, 1.165) is 12.0 Å². The maximum Gasteiger partial charge on any atom is 0.204 e. The highest BCUT2D eigenvalue weighted by Crippen LogP contribution is 2.25. The van der Waals surface area contributed by atoms with Gasteiger partial charge in [-0.3, -0.25) is 9.59 Å². The maximum absolute atomic E-state index is 12.9. The number of halogens is 1. The van der Waals surface area contributed by atoms with Crippen molar-refractivity contribution in [1.82, 2.24) is 4.98 Å². The smallest absolute Gasteiger partial charge is 0.204 e. The number of hydrogen-bond donors (Lipinski definition) is 1. The fourth-order valence-corrected chi connectivity index (χ4v) is 4.23. The van der Waals surface area contributed by atoms with E-state index in [-0.39, 0.29) is 28.9 Å². The molecule has 0 unspecified atom stereocenters. The van der Waals surface area contributed by atoms with Gasteiger partial charge in [0.2, 0.25) is 5.43 Å². The van der Waals surface area contributed by atoms with Gasteiger partial charge in [0.1, 0.15) is 5.76 Å². The molecule has 0 bridgehead atoms. The maximum atomic E-state index is 12.9. The van der Waals surface area contributed by atoms with E-state index in [2.05, 4.69) is 4.98 Å². The van der Waals surface area contributed by atoms with Crippen molar-refractivity contribution < 1.29 is 13.4 Å². The predicted octanol–water partition coefficient (Wildman–Crippen LogP) is 3.18. The number of hydrogen-bond acceptors (Lipinski definition) is 5. The van der Waals surface area contributed by atoms with E-state index in [9.17, 15) is 13.5 Å². The lowest BCUT2D eigenvalue weighted by Crippen LogP contribution is -2.47. The van der Waals surface area contributed by atoms with Crippen molar-refractivity contribution in [2.45, 2.75) is 35.4 Å². The lowest BCUT2D eigenvalue weighted by Gasteiger charge is -2.13. The lowest BCUT2D eigenvalue weighted by molar-refractivity contribution is 0.101. The number of Topliss-reactive ketones (excluding diaryl/α,β-unsaturated/α-hetero) is 1. The molecule has 3 rings (SSSR count). The van der Waals surface area contributed by atoms with Crippen molar-refractivity contribution in [3.8, 4) is 0 Å². The van der Waals surface area contributed by atoms with Crippen molar-refractivity contribution in [1.29, 1.82) is 0 Å². The van der Waals surface area contributed by atoms with Crippen molar-refractivity contribution in [3.05, 3.63) is 56.2 Å². The number of thioether (sulfide) groups is 1. The molecule has 1 aliphatic carbocycles. The molecular weight excluding hydrogens is 373 g/mol. The monoisotopic (exact) mass is 391 g/mol. The number of aromatic amines is 1. The summed E-state index contributed by atoms with van der Waals surface area (Å²) >= 11 is 1.59. The number of nitrogens with one attached hydrogen (secondary N) is 1. The molecule has 0 fully saturated rings. The minimum Gasteiger partial charge on any atom is -0.500 e. The van der Waals surface area contributed by atoms with Crippen LogP contribution < -0.4 is 16.0 Å². The van der Waals surface area contributed by atoms with Crippen molar-refractivity contribution >= 4 is 41.5 Å². The van der Waals surface area contributed by atoms with Crippen LogP contribution in [0.5, 0.6) is 0 Å². The summed E-state index contributed by atoms with van der Waals surface area (Å²) in [5.41, 5.74) is 0.856. The number of rotatable bonds is 6. The fraction of sp³-hybridized carbons (Fsp3) is 0.263. The Hall–Kier alpha value is -1.99. The van der Waals surface area contributed by atoms with E-state index in [0.29, 0.717) is 38.4 Å². The van der Waals surface area contributed by atoms with Crippen LogP contribution in [0, 0.1) is 0 Å². The van der Waals surface area contributed by atoms with Crippen LogP contribution in [0.3, 0.4) is 0 Å². The third-order valence-electron chi connectivity index (χ3n) is 4.19. The summed E-state index contributed by atoms with van der Waals surface area (Å²) < 4.78 is 17.9. The zero-order valence-corrected chi connectivity index (χ0v) is 16.1. The number of carbonyl (C=O) groups is 1. The Morgan fingerprint density at radius 3 is 2.65 bits per heavy atom. The molecule has 0 aliphatic heterocycles. The van der Waals surface area contributed by atoms with Gasteiger partial charge < -0.3 is 9.72 Å². The second-order valence-electron chi connectivity index (χ2n) is 5.88. The van der Waals surface area contributed by atoms with Crippen LogP contribution in [-0.2, 0) is 10.5 Å². The van der Waals surface area contributed by atoms with Crippen LogP contribution in [0.15, 0.2) is 39.0 Å². The number of ether oxygens (including phenoxy) is 1. The molecule has 0 amide bonds. The molecule has 1 aliphatic rings. The van der Waals surface area contributed by atoms with Gasteiger partial charge in [-0.25, -0.2) is 0 Å². The molecule has 1 N–H and O–H groups in total. The number of H-pyrrole nitrogens is 1. The predicted molar refractivity (Wildman–Crippen MR) is 103 cm³/mol. The summed E-state index contributed by atoms with van der Waals surface area (Å²) in [4.78, 5) is 28.8. The summed E-state index contributed by atoms with van der Waals surface area (Å²) in [6, 6.07) is 7.08. The number of aromatic nitrogens is 1. The Morgan fingerprint density at radius 1 is 1.31 bits per heavy atom. The summed E-state index contributed by atoms with van der Waals surface area (Å²) in [6.07, 6.45) is 3.38. The first kappa shape index (κ1) is 18.8. The first-order chi connectivity index (χ1) is 12.5. The second-order valence-corrected chi connectivity index (χ2v) is 7.49. The van der Waals surface area contributed by atoms with Gasteiger partial charge in [0.25, 0.3) is 0 Å². The first-order valence-corrected chi connectivity index (χ1v) is 9.80. The Morgan fingerprint density at radius 2 is 2.04 bits per heavy atom. The quantitative estimate of drug-likeness (QED) is 0.605. The number of pyridine rings is 1. The van der Waals surface area contributed by atoms with Gasteiger partial charge >= 0.3 is 0 Å². The molecule has 7 heteroatoms. The lowest BCUT2D eigenvalue weighted by atomic mass is 10.1. The Balaban J connectivity index is 2.03. The van der Waals surface area contributed by atoms with E-state index in [1.165, 1.54) is 18.7 Å². The third kappa shape index (κ3) is 3.73.